The van der Waals surface area contributed by atoms with Crippen molar-refractivity contribution in [2.24, 2.45) is 0 Å². The number of hydrogen-bond donors (Lipinski definition) is 8. The van der Waals surface area contributed by atoms with Crippen LogP contribution in [0.3, 0.4) is 0 Å². The van der Waals surface area contributed by atoms with Crippen molar-refractivity contribution >= 4 is 5.91 Å². The average Bonchev–Trinajstić information content (AvgIpc) is 3.46. The molecule has 8 N–H and O–H groups in total. The Labute approximate surface area is 486 Å². The molecule has 0 spiro atoms. The zero-order valence-corrected chi connectivity index (χ0v) is 51.6. The largest absolute Gasteiger partial charge is 0.394 e. The second-order valence-electron chi connectivity index (χ2n) is 24.2. The van der Waals surface area contributed by atoms with Crippen molar-refractivity contribution in [1.82, 2.24) is 5.32 Å². The van der Waals surface area contributed by atoms with Crippen molar-refractivity contribution in [2.45, 2.75) is 390 Å². The number of amides is 1. The Morgan fingerprint density at radius 1 is 0.430 bits per heavy atom. The van der Waals surface area contributed by atoms with Gasteiger partial charge in [-0.05, 0) is 64.2 Å². The molecule has 0 aromatic rings. The maximum atomic E-state index is 13.2. The molecule has 9 atom stereocenters. The van der Waals surface area contributed by atoms with Gasteiger partial charge in [0.15, 0.2) is 6.29 Å². The lowest BCUT2D eigenvalue weighted by Gasteiger charge is -2.40. The van der Waals surface area contributed by atoms with Crippen LogP contribution in [0.4, 0.5) is 0 Å². The van der Waals surface area contributed by atoms with E-state index in [0.29, 0.717) is 12.8 Å². The number of hydrogen-bond acceptors (Lipinski definition) is 10. The van der Waals surface area contributed by atoms with Crippen LogP contribution in [0.25, 0.3) is 0 Å². The molecule has 1 heterocycles. The van der Waals surface area contributed by atoms with Crippen LogP contribution in [0.2, 0.25) is 0 Å². The lowest BCUT2D eigenvalue weighted by atomic mass is 9.98. The van der Waals surface area contributed by atoms with Crippen molar-refractivity contribution < 1.29 is 50.0 Å². The summed E-state index contributed by atoms with van der Waals surface area (Å²) in [4.78, 5) is 13.2. The third kappa shape index (κ3) is 44.7. The Morgan fingerprint density at radius 2 is 0.747 bits per heavy atom. The molecule has 0 saturated carbocycles. The minimum Gasteiger partial charge on any atom is -0.394 e. The molecular weight excluding hydrogens is 991 g/mol. The first-order chi connectivity index (χ1) is 38.7. The molecule has 9 unspecified atom stereocenters. The highest BCUT2D eigenvalue weighted by Crippen LogP contribution is 2.24. The van der Waals surface area contributed by atoms with Crippen molar-refractivity contribution in [3.05, 3.63) is 24.3 Å². The number of rotatable bonds is 60. The maximum Gasteiger partial charge on any atom is 0.249 e. The van der Waals surface area contributed by atoms with Gasteiger partial charge < -0.3 is 50.5 Å². The molecule has 1 amide bonds. The van der Waals surface area contributed by atoms with Gasteiger partial charge in [0.05, 0.1) is 25.4 Å². The predicted octanol–water partition coefficient (Wildman–Crippen LogP) is 16.0. The van der Waals surface area contributed by atoms with Crippen molar-refractivity contribution in [3.63, 3.8) is 0 Å². The zero-order chi connectivity index (χ0) is 57.5. The summed E-state index contributed by atoms with van der Waals surface area (Å²) in [6, 6.07) is -1.18. The fourth-order valence-electron chi connectivity index (χ4n) is 11.2. The number of unbranched alkanes of at least 4 members (excludes halogenated alkanes) is 44. The molecule has 1 saturated heterocycles. The molecular formula is C68H131NO10. The Hall–Kier alpha value is -1.41. The van der Waals surface area contributed by atoms with Gasteiger partial charge in [0.25, 0.3) is 0 Å². The SMILES string of the molecule is CCCCCCCCCCCCCCC/C=C/CCCC(O)C(O)C(COC1OC(CO)C(O)C(O)C1O)NC(=O)C(O)CCCCCCCCCCCCCCCCCC/C=C\CCCCCCCCCCCCCCCC. The summed E-state index contributed by atoms with van der Waals surface area (Å²) in [5.41, 5.74) is 0. The van der Waals surface area contributed by atoms with E-state index in [9.17, 15) is 40.5 Å². The highest BCUT2D eigenvalue weighted by Gasteiger charge is 2.44. The third-order valence-electron chi connectivity index (χ3n) is 16.7. The topological polar surface area (TPSA) is 189 Å². The summed E-state index contributed by atoms with van der Waals surface area (Å²) in [5.74, 6) is -0.701. The lowest BCUT2D eigenvalue weighted by molar-refractivity contribution is -0.303. The molecule has 1 aliphatic rings. The van der Waals surface area contributed by atoms with Crippen LogP contribution in [0.15, 0.2) is 24.3 Å². The highest BCUT2D eigenvalue weighted by atomic mass is 16.7. The number of carbonyl (C=O) groups excluding carboxylic acids is 1. The van der Waals surface area contributed by atoms with Gasteiger partial charge in [0, 0.05) is 0 Å². The first kappa shape index (κ1) is 75.6. The summed E-state index contributed by atoms with van der Waals surface area (Å²) in [6.45, 7) is 3.49. The summed E-state index contributed by atoms with van der Waals surface area (Å²) in [7, 11) is 0. The normalized spacial score (nSPS) is 19.4. The molecule has 11 heteroatoms. The second-order valence-corrected chi connectivity index (χ2v) is 24.2. The molecule has 0 aromatic heterocycles. The monoisotopic (exact) mass is 1120 g/mol. The fraction of sp³-hybridized carbons (Fsp3) is 0.926. The van der Waals surface area contributed by atoms with Crippen LogP contribution in [0.5, 0.6) is 0 Å². The van der Waals surface area contributed by atoms with Gasteiger partial charge in [0.2, 0.25) is 5.91 Å². The summed E-state index contributed by atoms with van der Waals surface area (Å²) in [6.07, 6.45) is 59.8. The van der Waals surface area contributed by atoms with Crippen LogP contribution in [-0.4, -0.2) is 110 Å². The summed E-state index contributed by atoms with van der Waals surface area (Å²) >= 11 is 0. The van der Waals surface area contributed by atoms with Gasteiger partial charge in [0.1, 0.15) is 36.6 Å². The fourth-order valence-corrected chi connectivity index (χ4v) is 11.2. The van der Waals surface area contributed by atoms with Gasteiger partial charge in [-0.3, -0.25) is 4.79 Å². The number of aliphatic hydroxyl groups excluding tert-OH is 7. The number of allylic oxidation sites excluding steroid dienone is 4. The molecule has 11 nitrogen and oxygen atoms in total. The molecule has 1 rings (SSSR count). The lowest BCUT2D eigenvalue weighted by Crippen LogP contribution is -2.60. The quantitative estimate of drug-likeness (QED) is 0.0215. The van der Waals surface area contributed by atoms with Crippen molar-refractivity contribution in [2.75, 3.05) is 13.2 Å². The van der Waals surface area contributed by atoms with Crippen LogP contribution >= 0.6 is 0 Å². The van der Waals surface area contributed by atoms with Gasteiger partial charge >= 0.3 is 0 Å². The molecule has 1 fully saturated rings. The van der Waals surface area contributed by atoms with Gasteiger partial charge in [-0.15, -0.1) is 0 Å². The van der Waals surface area contributed by atoms with E-state index in [1.165, 1.54) is 257 Å². The average molecular weight is 1120 g/mol. The number of carbonyl (C=O) groups is 1. The molecule has 0 aliphatic carbocycles. The van der Waals surface area contributed by atoms with Gasteiger partial charge in [-0.1, -0.05) is 295 Å². The van der Waals surface area contributed by atoms with E-state index < -0.39 is 74.2 Å². The molecule has 0 radical (unpaired) electrons. The number of nitrogens with one attached hydrogen (secondary N) is 1. The Morgan fingerprint density at radius 3 is 1.09 bits per heavy atom. The minimum absolute atomic E-state index is 0.257. The van der Waals surface area contributed by atoms with Gasteiger partial charge in [-0.25, -0.2) is 0 Å². The Kier molecular flexibility index (Phi) is 54.6. The number of aliphatic hydroxyl groups is 7. The Balaban J connectivity index is 2.17. The van der Waals surface area contributed by atoms with E-state index in [1.54, 1.807) is 0 Å². The predicted molar refractivity (Wildman–Crippen MR) is 330 cm³/mol. The molecule has 468 valence electrons. The van der Waals surface area contributed by atoms with Gasteiger partial charge in [-0.2, -0.15) is 0 Å². The molecule has 0 bridgehead atoms. The molecule has 1 aliphatic heterocycles. The zero-order valence-electron chi connectivity index (χ0n) is 51.6. The second kappa shape index (κ2) is 57.0. The van der Waals surface area contributed by atoms with Crippen LogP contribution in [0, 0.1) is 0 Å². The first-order valence-corrected chi connectivity index (χ1v) is 34.2. The van der Waals surface area contributed by atoms with E-state index in [-0.39, 0.29) is 12.8 Å². The Bertz CT molecular complexity index is 1330. The van der Waals surface area contributed by atoms with E-state index in [2.05, 4.69) is 43.5 Å². The molecule has 79 heavy (non-hydrogen) atoms. The summed E-state index contributed by atoms with van der Waals surface area (Å²) < 4.78 is 11.2. The maximum absolute atomic E-state index is 13.2. The van der Waals surface area contributed by atoms with E-state index in [4.69, 9.17) is 9.47 Å². The van der Waals surface area contributed by atoms with Crippen molar-refractivity contribution in [1.29, 1.82) is 0 Å². The van der Waals surface area contributed by atoms with Crippen LogP contribution < -0.4 is 5.32 Å². The minimum atomic E-state index is -1.67. The molecule has 0 aromatic carbocycles. The van der Waals surface area contributed by atoms with E-state index in [1.807, 2.05) is 0 Å². The third-order valence-corrected chi connectivity index (χ3v) is 16.7. The van der Waals surface area contributed by atoms with Crippen molar-refractivity contribution in [3.8, 4) is 0 Å². The van der Waals surface area contributed by atoms with E-state index >= 15 is 0 Å². The van der Waals surface area contributed by atoms with Crippen LogP contribution in [-0.2, 0) is 14.3 Å². The number of ether oxygens (including phenoxy) is 2. The van der Waals surface area contributed by atoms with Crippen LogP contribution in [0.1, 0.15) is 335 Å². The highest BCUT2D eigenvalue weighted by molar-refractivity contribution is 5.80. The first-order valence-electron chi connectivity index (χ1n) is 34.2. The smallest absolute Gasteiger partial charge is 0.249 e. The summed E-state index contributed by atoms with van der Waals surface area (Å²) in [5, 5.41) is 76.3. The van der Waals surface area contributed by atoms with E-state index in [0.717, 1.165) is 38.5 Å². The standard InChI is InChI=1S/C68H131NO10/c1-3-5-7-9-11-13-15-17-19-21-23-24-25-26-27-28-29-30-31-32-33-34-35-36-37-38-40-42-44-46-48-50-52-54-56-61(72)67(77)69-59(58-78-68-66(76)65(75)64(74)62(57-70)79-68)63(73)60(71)55-53-51-49-47-45-43-41-39-22-20-18-16-14-12-10-8-6-4-2/h28-29,47,49,59-66,68,70-76H,3-27,30-46,48,50-58H2,1-2H3,(H,69,77)/b29-28-,49-47+.